The van der Waals surface area contributed by atoms with Crippen LogP contribution in [0.4, 0.5) is 5.13 Å². The summed E-state index contributed by atoms with van der Waals surface area (Å²) in [6, 6.07) is 3.90. The quantitative estimate of drug-likeness (QED) is 0.654. The summed E-state index contributed by atoms with van der Waals surface area (Å²) in [6.07, 6.45) is 5.50. The Kier molecular flexibility index (Phi) is 4.12. The van der Waals surface area contributed by atoms with Crippen LogP contribution in [0.2, 0.25) is 0 Å². The van der Waals surface area contributed by atoms with Crippen molar-refractivity contribution in [2.75, 3.05) is 31.7 Å². The SMILES string of the molecule is CCOCCN(C)c1nn2cc(-c3cccnc3)nc2s1. The van der Waals surface area contributed by atoms with E-state index in [1.54, 1.807) is 17.5 Å². The van der Waals surface area contributed by atoms with Gasteiger partial charge < -0.3 is 9.64 Å². The van der Waals surface area contributed by atoms with Gasteiger partial charge in [0.1, 0.15) is 0 Å². The van der Waals surface area contributed by atoms with E-state index in [2.05, 4.69) is 20.0 Å². The lowest BCUT2D eigenvalue weighted by atomic mass is 10.2. The van der Waals surface area contributed by atoms with Crippen LogP contribution < -0.4 is 4.90 Å². The standard InChI is InChI=1S/C14H17N5OS/c1-3-20-8-7-18(2)14-17-19-10-12(16-13(19)21-14)11-5-4-6-15-9-11/h4-6,9-10H,3,7-8H2,1-2H3. The molecule has 0 spiro atoms. The highest BCUT2D eigenvalue weighted by atomic mass is 32.1. The van der Waals surface area contributed by atoms with Gasteiger partial charge in [0.15, 0.2) is 0 Å². The van der Waals surface area contributed by atoms with Gasteiger partial charge in [0.05, 0.1) is 18.5 Å². The Bertz CT molecular complexity index is 677. The van der Waals surface area contributed by atoms with Gasteiger partial charge in [0.25, 0.3) is 0 Å². The van der Waals surface area contributed by atoms with E-state index in [0.717, 1.165) is 34.5 Å². The van der Waals surface area contributed by atoms with E-state index in [4.69, 9.17) is 4.74 Å². The average Bonchev–Trinajstić information content (AvgIpc) is 3.07. The van der Waals surface area contributed by atoms with Gasteiger partial charge in [-0.2, -0.15) is 0 Å². The van der Waals surface area contributed by atoms with Crippen molar-refractivity contribution in [1.29, 1.82) is 0 Å². The second-order valence-corrected chi connectivity index (χ2v) is 5.53. The van der Waals surface area contributed by atoms with Crippen LogP contribution in [0.1, 0.15) is 6.92 Å². The molecule has 0 fully saturated rings. The number of fused-ring (bicyclic) bond motifs is 1. The Morgan fingerprint density at radius 1 is 1.43 bits per heavy atom. The van der Waals surface area contributed by atoms with Gasteiger partial charge in [0.2, 0.25) is 10.1 Å². The third kappa shape index (κ3) is 3.03. The minimum atomic E-state index is 0.704. The molecule has 0 amide bonds. The largest absolute Gasteiger partial charge is 0.380 e. The van der Waals surface area contributed by atoms with Crippen LogP contribution >= 0.6 is 11.3 Å². The molecule has 0 aliphatic rings. The Balaban J connectivity index is 1.78. The molecular weight excluding hydrogens is 286 g/mol. The van der Waals surface area contributed by atoms with Gasteiger partial charge >= 0.3 is 0 Å². The minimum Gasteiger partial charge on any atom is -0.380 e. The lowest BCUT2D eigenvalue weighted by molar-refractivity contribution is 0.154. The Morgan fingerprint density at radius 3 is 3.05 bits per heavy atom. The summed E-state index contributed by atoms with van der Waals surface area (Å²) in [4.78, 5) is 11.7. The highest BCUT2D eigenvalue weighted by molar-refractivity contribution is 7.20. The zero-order chi connectivity index (χ0) is 14.7. The van der Waals surface area contributed by atoms with Crippen LogP contribution in [0.3, 0.4) is 0 Å². The topological polar surface area (TPSA) is 55.5 Å². The first-order chi connectivity index (χ1) is 10.3. The molecule has 0 aliphatic carbocycles. The first-order valence-corrected chi connectivity index (χ1v) is 7.65. The van der Waals surface area contributed by atoms with Crippen LogP contribution in [-0.4, -0.2) is 46.4 Å². The van der Waals surface area contributed by atoms with Crippen LogP contribution in [0.25, 0.3) is 16.2 Å². The molecule has 0 saturated carbocycles. The Labute approximate surface area is 127 Å². The summed E-state index contributed by atoms with van der Waals surface area (Å²) in [6.45, 7) is 4.26. The predicted octanol–water partition coefficient (Wildman–Crippen LogP) is 2.33. The first kappa shape index (κ1) is 14.0. The number of hydrogen-bond donors (Lipinski definition) is 0. The first-order valence-electron chi connectivity index (χ1n) is 6.83. The molecule has 0 saturated heterocycles. The molecule has 3 heterocycles. The maximum Gasteiger partial charge on any atom is 0.214 e. The molecule has 0 unspecified atom stereocenters. The van der Waals surface area contributed by atoms with E-state index < -0.39 is 0 Å². The molecule has 0 aromatic carbocycles. The minimum absolute atomic E-state index is 0.704. The molecule has 3 aromatic rings. The van der Waals surface area contributed by atoms with E-state index in [-0.39, 0.29) is 0 Å². The summed E-state index contributed by atoms with van der Waals surface area (Å²) < 4.78 is 7.18. The van der Waals surface area contributed by atoms with Crippen LogP contribution in [0.15, 0.2) is 30.7 Å². The highest BCUT2D eigenvalue weighted by Gasteiger charge is 2.12. The Morgan fingerprint density at radius 2 is 2.33 bits per heavy atom. The molecule has 110 valence electrons. The Hall–Kier alpha value is -1.99. The van der Waals surface area contributed by atoms with Crippen LogP contribution in [0.5, 0.6) is 0 Å². The second-order valence-electron chi connectivity index (χ2n) is 4.60. The maximum atomic E-state index is 5.36. The van der Waals surface area contributed by atoms with Gasteiger partial charge in [-0.05, 0) is 19.1 Å². The maximum absolute atomic E-state index is 5.36. The fourth-order valence-corrected chi connectivity index (χ4v) is 2.81. The number of rotatable bonds is 6. The molecule has 0 atom stereocenters. The van der Waals surface area contributed by atoms with E-state index in [9.17, 15) is 0 Å². The lowest BCUT2D eigenvalue weighted by Gasteiger charge is -2.14. The molecular formula is C14H17N5OS. The normalized spacial score (nSPS) is 11.1. The van der Waals surface area contributed by atoms with Gasteiger partial charge in [-0.15, -0.1) is 5.10 Å². The number of aromatic nitrogens is 4. The predicted molar refractivity (Wildman–Crippen MR) is 83.9 cm³/mol. The van der Waals surface area contributed by atoms with Crippen molar-refractivity contribution >= 4 is 21.4 Å². The van der Waals surface area contributed by atoms with Crippen LogP contribution in [0, 0.1) is 0 Å². The average molecular weight is 303 g/mol. The molecule has 0 radical (unpaired) electrons. The van der Waals surface area contributed by atoms with Gasteiger partial charge in [-0.25, -0.2) is 9.50 Å². The summed E-state index contributed by atoms with van der Waals surface area (Å²) >= 11 is 1.57. The molecule has 3 rings (SSSR count). The number of imidazole rings is 1. The molecule has 6 nitrogen and oxygen atoms in total. The monoisotopic (exact) mass is 303 g/mol. The molecule has 0 bridgehead atoms. The van der Waals surface area contributed by atoms with Crippen LogP contribution in [-0.2, 0) is 4.74 Å². The summed E-state index contributed by atoms with van der Waals surface area (Å²) in [5.74, 6) is 0. The summed E-state index contributed by atoms with van der Waals surface area (Å²) in [5.41, 5.74) is 1.90. The summed E-state index contributed by atoms with van der Waals surface area (Å²) in [7, 11) is 2.01. The van der Waals surface area contributed by atoms with Gasteiger partial charge in [-0.3, -0.25) is 4.98 Å². The number of hydrogen-bond acceptors (Lipinski definition) is 6. The number of anilines is 1. The van der Waals surface area contributed by atoms with Crippen molar-refractivity contribution in [3.8, 4) is 11.3 Å². The number of ether oxygens (including phenoxy) is 1. The van der Waals surface area contributed by atoms with Crippen molar-refractivity contribution in [3.05, 3.63) is 30.7 Å². The zero-order valence-electron chi connectivity index (χ0n) is 12.1. The smallest absolute Gasteiger partial charge is 0.214 e. The van der Waals surface area contributed by atoms with E-state index >= 15 is 0 Å². The fraction of sp³-hybridized carbons (Fsp3) is 0.357. The molecule has 7 heteroatoms. The summed E-state index contributed by atoms with van der Waals surface area (Å²) in [5, 5.41) is 5.50. The third-order valence-corrected chi connectivity index (χ3v) is 4.13. The molecule has 21 heavy (non-hydrogen) atoms. The van der Waals surface area contributed by atoms with Crippen molar-refractivity contribution < 1.29 is 4.74 Å². The van der Waals surface area contributed by atoms with Gasteiger partial charge in [-0.1, -0.05) is 11.3 Å². The fourth-order valence-electron chi connectivity index (χ4n) is 1.94. The molecule has 0 aliphatic heterocycles. The van der Waals surface area contributed by atoms with Crippen molar-refractivity contribution in [2.24, 2.45) is 0 Å². The van der Waals surface area contributed by atoms with E-state index in [1.165, 1.54) is 0 Å². The highest BCUT2D eigenvalue weighted by Crippen LogP contribution is 2.25. The molecule has 0 N–H and O–H groups in total. The lowest BCUT2D eigenvalue weighted by Crippen LogP contribution is -2.22. The zero-order valence-corrected chi connectivity index (χ0v) is 12.9. The van der Waals surface area contributed by atoms with Crippen molar-refractivity contribution in [3.63, 3.8) is 0 Å². The third-order valence-electron chi connectivity index (χ3n) is 3.09. The van der Waals surface area contributed by atoms with Gasteiger partial charge in [0, 0.05) is 38.2 Å². The second kappa shape index (κ2) is 6.19. The van der Waals surface area contributed by atoms with E-state index in [0.29, 0.717) is 6.61 Å². The van der Waals surface area contributed by atoms with E-state index in [1.807, 2.05) is 43.0 Å². The number of pyridine rings is 1. The van der Waals surface area contributed by atoms with Crippen molar-refractivity contribution in [2.45, 2.75) is 6.92 Å². The van der Waals surface area contributed by atoms with Crippen molar-refractivity contribution in [1.82, 2.24) is 19.6 Å². The molecule has 3 aromatic heterocycles. The number of likely N-dealkylation sites (N-methyl/N-ethyl adjacent to an activating group) is 1. The number of nitrogens with zero attached hydrogens (tertiary/aromatic N) is 5.